The molecular formula is C23H23NO3. The molecule has 2 aromatic carbocycles. The Morgan fingerprint density at radius 3 is 2.74 bits per heavy atom. The van der Waals surface area contributed by atoms with E-state index < -0.39 is 0 Å². The number of phenolic OH excluding ortho intramolecular Hbond substituents is 1. The van der Waals surface area contributed by atoms with E-state index in [1.807, 2.05) is 0 Å². The second-order valence-corrected chi connectivity index (χ2v) is 7.54. The molecule has 0 radical (unpaired) electrons. The number of phenols is 1. The van der Waals surface area contributed by atoms with Crippen LogP contribution in [-0.2, 0) is 6.61 Å². The zero-order chi connectivity index (χ0) is 19.3. The van der Waals surface area contributed by atoms with Gasteiger partial charge in [-0.15, -0.1) is 6.42 Å². The van der Waals surface area contributed by atoms with Gasteiger partial charge < -0.3 is 19.5 Å². The van der Waals surface area contributed by atoms with E-state index in [0.29, 0.717) is 18.9 Å². The first kappa shape index (κ1) is 17.4. The summed E-state index contributed by atoms with van der Waals surface area (Å²) in [5.74, 6) is 4.04. The number of rotatable bonds is 2. The highest BCUT2D eigenvalue weighted by Gasteiger charge is 2.35. The third kappa shape index (κ3) is 2.46. The molecule has 4 rings (SSSR count). The SMILES string of the molecule is C#CCN1c2ccc3c(c2C(C)=CC1(C)C)COc1ccc(O)c(OC)c1-3. The largest absolute Gasteiger partial charge is 0.504 e. The number of anilines is 1. The Balaban J connectivity index is 2.00. The molecule has 0 atom stereocenters. The molecule has 1 N–H and O–H groups in total. The first-order chi connectivity index (χ1) is 12.9. The highest BCUT2D eigenvalue weighted by atomic mass is 16.5. The van der Waals surface area contributed by atoms with Gasteiger partial charge in [0.15, 0.2) is 11.5 Å². The van der Waals surface area contributed by atoms with Crippen molar-refractivity contribution in [2.75, 3.05) is 18.6 Å². The Morgan fingerprint density at radius 1 is 1.26 bits per heavy atom. The van der Waals surface area contributed by atoms with Crippen molar-refractivity contribution in [2.45, 2.75) is 32.9 Å². The second-order valence-electron chi connectivity index (χ2n) is 7.54. The summed E-state index contributed by atoms with van der Waals surface area (Å²) in [4.78, 5) is 2.24. The Hall–Kier alpha value is -3.06. The van der Waals surface area contributed by atoms with Gasteiger partial charge in [0.1, 0.15) is 12.4 Å². The molecule has 2 aromatic rings. The smallest absolute Gasteiger partial charge is 0.172 e. The number of methoxy groups -OCH3 is 1. The van der Waals surface area contributed by atoms with Crippen LogP contribution in [0.5, 0.6) is 17.2 Å². The molecule has 0 unspecified atom stereocenters. The number of terminal acetylenes is 1. The fourth-order valence-electron chi connectivity index (χ4n) is 4.34. The molecule has 0 aliphatic carbocycles. The van der Waals surface area contributed by atoms with Gasteiger partial charge >= 0.3 is 0 Å². The lowest BCUT2D eigenvalue weighted by Crippen LogP contribution is -2.45. The number of allylic oxidation sites excluding steroid dienone is 1. The van der Waals surface area contributed by atoms with Crippen LogP contribution >= 0.6 is 0 Å². The van der Waals surface area contributed by atoms with Crippen molar-refractivity contribution in [3.05, 3.63) is 41.5 Å². The van der Waals surface area contributed by atoms with E-state index in [-0.39, 0.29) is 11.3 Å². The summed E-state index contributed by atoms with van der Waals surface area (Å²) in [6.07, 6.45) is 7.90. The average Bonchev–Trinajstić information content (AvgIpc) is 2.63. The third-order valence-corrected chi connectivity index (χ3v) is 5.43. The van der Waals surface area contributed by atoms with Gasteiger partial charge in [-0.1, -0.05) is 18.1 Å². The monoisotopic (exact) mass is 361 g/mol. The van der Waals surface area contributed by atoms with Crippen molar-refractivity contribution in [1.82, 2.24) is 0 Å². The fourth-order valence-corrected chi connectivity index (χ4v) is 4.34. The first-order valence-electron chi connectivity index (χ1n) is 8.99. The van der Waals surface area contributed by atoms with Crippen LogP contribution in [0.1, 0.15) is 31.9 Å². The van der Waals surface area contributed by atoms with E-state index in [0.717, 1.165) is 33.7 Å². The van der Waals surface area contributed by atoms with Crippen LogP contribution in [0.3, 0.4) is 0 Å². The fraction of sp³-hybridized carbons (Fsp3) is 0.304. The Morgan fingerprint density at radius 2 is 2.04 bits per heavy atom. The number of hydrogen-bond acceptors (Lipinski definition) is 4. The van der Waals surface area contributed by atoms with Gasteiger partial charge in [-0.2, -0.15) is 0 Å². The molecule has 2 heterocycles. The van der Waals surface area contributed by atoms with Gasteiger partial charge in [0.25, 0.3) is 0 Å². The minimum Gasteiger partial charge on any atom is -0.504 e. The number of benzene rings is 2. The summed E-state index contributed by atoms with van der Waals surface area (Å²) in [6, 6.07) is 7.58. The van der Waals surface area contributed by atoms with Crippen LogP contribution in [0.2, 0.25) is 0 Å². The van der Waals surface area contributed by atoms with Crippen molar-refractivity contribution in [3.63, 3.8) is 0 Å². The average molecular weight is 361 g/mol. The quantitative estimate of drug-likeness (QED) is 0.794. The summed E-state index contributed by atoms with van der Waals surface area (Å²) >= 11 is 0. The van der Waals surface area contributed by atoms with E-state index in [1.165, 1.54) is 5.57 Å². The number of ether oxygens (including phenoxy) is 2. The molecule has 138 valence electrons. The maximum atomic E-state index is 10.2. The molecule has 2 aliphatic rings. The summed E-state index contributed by atoms with van der Waals surface area (Å²) in [7, 11) is 1.56. The highest BCUT2D eigenvalue weighted by molar-refractivity contribution is 5.92. The Kier molecular flexibility index (Phi) is 3.85. The molecule has 0 bridgehead atoms. The van der Waals surface area contributed by atoms with Crippen molar-refractivity contribution in [2.24, 2.45) is 0 Å². The molecule has 2 aliphatic heterocycles. The van der Waals surface area contributed by atoms with Crippen LogP contribution in [0.25, 0.3) is 16.7 Å². The minimum absolute atomic E-state index is 0.104. The van der Waals surface area contributed by atoms with Gasteiger partial charge in [-0.05, 0) is 50.1 Å². The third-order valence-electron chi connectivity index (χ3n) is 5.43. The molecule has 4 nitrogen and oxygen atoms in total. The second kappa shape index (κ2) is 5.99. The zero-order valence-electron chi connectivity index (χ0n) is 16.1. The lowest BCUT2D eigenvalue weighted by Gasteiger charge is -2.43. The van der Waals surface area contributed by atoms with Crippen molar-refractivity contribution in [3.8, 4) is 40.7 Å². The topological polar surface area (TPSA) is 41.9 Å². The number of fused-ring (bicyclic) bond motifs is 5. The molecule has 0 aromatic heterocycles. The highest BCUT2D eigenvalue weighted by Crippen LogP contribution is 2.51. The summed E-state index contributed by atoms with van der Waals surface area (Å²) < 4.78 is 11.5. The lowest BCUT2D eigenvalue weighted by atomic mass is 9.83. The van der Waals surface area contributed by atoms with Gasteiger partial charge in [0.2, 0.25) is 0 Å². The summed E-state index contributed by atoms with van der Waals surface area (Å²) in [5, 5.41) is 10.2. The van der Waals surface area contributed by atoms with Crippen molar-refractivity contribution in [1.29, 1.82) is 0 Å². The molecule has 0 fully saturated rings. The molecule has 27 heavy (non-hydrogen) atoms. The van der Waals surface area contributed by atoms with Crippen LogP contribution in [0.15, 0.2) is 30.3 Å². The minimum atomic E-state index is -0.166. The van der Waals surface area contributed by atoms with Crippen molar-refractivity contribution >= 4 is 11.3 Å². The van der Waals surface area contributed by atoms with Gasteiger partial charge in [-0.3, -0.25) is 0 Å². The van der Waals surface area contributed by atoms with Crippen LogP contribution in [-0.4, -0.2) is 24.3 Å². The lowest BCUT2D eigenvalue weighted by molar-refractivity contribution is 0.296. The van der Waals surface area contributed by atoms with Crippen LogP contribution < -0.4 is 14.4 Å². The van der Waals surface area contributed by atoms with E-state index in [4.69, 9.17) is 15.9 Å². The predicted octanol–water partition coefficient (Wildman–Crippen LogP) is 4.60. The van der Waals surface area contributed by atoms with Gasteiger partial charge in [0, 0.05) is 16.8 Å². The molecule has 0 saturated heterocycles. The van der Waals surface area contributed by atoms with E-state index in [2.05, 4.69) is 49.8 Å². The standard InChI is InChI=1S/C23H23NO3/c1-6-11-24-17-8-7-15-16(20(17)14(2)12-23(24,3)4)13-27-19-10-9-18(25)22(26-5)21(15)19/h1,7-10,12,25H,11,13H2,2-5H3. The Labute approximate surface area is 160 Å². The van der Waals surface area contributed by atoms with E-state index in [9.17, 15) is 5.11 Å². The zero-order valence-corrected chi connectivity index (χ0v) is 16.1. The molecule has 0 saturated carbocycles. The molecule has 0 amide bonds. The van der Waals surface area contributed by atoms with Gasteiger partial charge in [0.05, 0.1) is 24.8 Å². The molecule has 0 spiro atoms. The Bertz CT molecular complexity index is 1010. The first-order valence-corrected chi connectivity index (χ1v) is 8.99. The number of aromatic hydroxyl groups is 1. The van der Waals surface area contributed by atoms with E-state index in [1.54, 1.807) is 19.2 Å². The van der Waals surface area contributed by atoms with Gasteiger partial charge in [-0.25, -0.2) is 0 Å². The normalized spacial score (nSPS) is 16.3. The number of hydrogen-bond donors (Lipinski definition) is 1. The van der Waals surface area contributed by atoms with Crippen molar-refractivity contribution < 1.29 is 14.6 Å². The predicted molar refractivity (Wildman–Crippen MR) is 108 cm³/mol. The number of nitrogens with zero attached hydrogens (tertiary/aromatic N) is 1. The van der Waals surface area contributed by atoms with Crippen LogP contribution in [0, 0.1) is 12.3 Å². The van der Waals surface area contributed by atoms with E-state index >= 15 is 0 Å². The maximum absolute atomic E-state index is 10.2. The van der Waals surface area contributed by atoms with Crippen LogP contribution in [0.4, 0.5) is 5.69 Å². The molecule has 4 heteroatoms. The summed E-state index contributed by atoms with van der Waals surface area (Å²) in [5.41, 5.74) is 6.21. The maximum Gasteiger partial charge on any atom is 0.172 e. The summed E-state index contributed by atoms with van der Waals surface area (Å²) in [6.45, 7) is 7.47. The molecular weight excluding hydrogens is 338 g/mol.